The van der Waals surface area contributed by atoms with E-state index in [1.54, 1.807) is 6.92 Å². The molecule has 1 aliphatic heterocycles. The van der Waals surface area contributed by atoms with E-state index in [-0.39, 0.29) is 11.9 Å². The van der Waals surface area contributed by atoms with Crippen LogP contribution in [0.1, 0.15) is 24.1 Å². The first-order valence-electron chi connectivity index (χ1n) is 8.77. The summed E-state index contributed by atoms with van der Waals surface area (Å²) in [6.07, 6.45) is -0.463. The van der Waals surface area contributed by atoms with Crippen LogP contribution in [0, 0.1) is 0 Å². The van der Waals surface area contributed by atoms with Crippen LogP contribution in [-0.4, -0.2) is 12.0 Å². The van der Waals surface area contributed by atoms with Gasteiger partial charge in [0.05, 0.1) is 11.7 Å². The van der Waals surface area contributed by atoms with Crippen molar-refractivity contribution in [3.8, 4) is 16.9 Å². The van der Waals surface area contributed by atoms with Gasteiger partial charge in [0.15, 0.2) is 6.10 Å². The number of ether oxygens (including phenoxy) is 1. The van der Waals surface area contributed by atoms with Crippen molar-refractivity contribution in [1.82, 2.24) is 0 Å². The second-order valence-corrected chi connectivity index (χ2v) is 6.71. The van der Waals surface area contributed by atoms with Crippen molar-refractivity contribution in [2.24, 2.45) is 0 Å². The Morgan fingerprint density at radius 3 is 2.27 bits per heavy atom. The van der Waals surface area contributed by atoms with Gasteiger partial charge in [-0.25, -0.2) is 0 Å². The quantitative estimate of drug-likeness (QED) is 0.716. The Bertz CT molecular complexity index is 983. The number of anilines is 2. The number of fused-ring (bicyclic) bond motifs is 4. The Hall–Kier alpha value is -3.27. The smallest absolute Gasteiger partial charge is 0.265 e. The van der Waals surface area contributed by atoms with E-state index in [9.17, 15) is 4.79 Å². The predicted molar refractivity (Wildman–Crippen MR) is 103 cm³/mol. The average Bonchev–Trinajstić information content (AvgIpc) is 2.97. The summed E-state index contributed by atoms with van der Waals surface area (Å²) in [4.78, 5) is 11.9. The molecule has 2 aliphatic rings. The van der Waals surface area contributed by atoms with Gasteiger partial charge >= 0.3 is 0 Å². The summed E-state index contributed by atoms with van der Waals surface area (Å²) < 4.78 is 5.64. The first-order chi connectivity index (χ1) is 12.7. The van der Waals surface area contributed by atoms with E-state index in [1.807, 2.05) is 18.2 Å². The Morgan fingerprint density at radius 1 is 0.923 bits per heavy atom. The summed E-state index contributed by atoms with van der Waals surface area (Å²) in [6, 6.07) is 22.9. The summed E-state index contributed by atoms with van der Waals surface area (Å²) in [5.41, 5.74) is 6.71. The summed E-state index contributed by atoms with van der Waals surface area (Å²) in [7, 11) is 0. The van der Waals surface area contributed by atoms with E-state index in [2.05, 4.69) is 59.2 Å². The largest absolute Gasteiger partial charge is 0.479 e. The van der Waals surface area contributed by atoms with Crippen LogP contribution in [-0.2, 0) is 4.79 Å². The van der Waals surface area contributed by atoms with Gasteiger partial charge in [-0.2, -0.15) is 0 Å². The lowest BCUT2D eigenvalue weighted by molar-refractivity contribution is -0.122. The molecule has 2 N–H and O–H groups in total. The van der Waals surface area contributed by atoms with Gasteiger partial charge in [0, 0.05) is 5.69 Å². The van der Waals surface area contributed by atoms with Gasteiger partial charge in [-0.15, -0.1) is 0 Å². The number of carbonyl (C=O) groups excluding carboxylic acids is 1. The van der Waals surface area contributed by atoms with Gasteiger partial charge in [-0.1, -0.05) is 48.5 Å². The molecule has 0 aromatic heterocycles. The number of amides is 1. The zero-order valence-corrected chi connectivity index (χ0v) is 14.3. The molecule has 26 heavy (non-hydrogen) atoms. The summed E-state index contributed by atoms with van der Waals surface area (Å²) >= 11 is 0. The van der Waals surface area contributed by atoms with Gasteiger partial charge in [0.1, 0.15) is 5.75 Å². The van der Waals surface area contributed by atoms with Crippen LogP contribution >= 0.6 is 0 Å². The summed E-state index contributed by atoms with van der Waals surface area (Å²) in [5, 5.41) is 6.53. The van der Waals surface area contributed by atoms with Crippen LogP contribution in [0.4, 0.5) is 11.4 Å². The van der Waals surface area contributed by atoms with Crippen LogP contribution < -0.4 is 15.4 Å². The maximum atomic E-state index is 11.9. The van der Waals surface area contributed by atoms with E-state index >= 15 is 0 Å². The Kier molecular flexibility index (Phi) is 3.25. The van der Waals surface area contributed by atoms with Crippen molar-refractivity contribution in [3.63, 3.8) is 0 Å². The lowest BCUT2D eigenvalue weighted by atomic mass is 10.0. The van der Waals surface area contributed by atoms with Crippen LogP contribution in [0.3, 0.4) is 0 Å². The molecule has 5 rings (SSSR count). The molecule has 1 amide bonds. The van der Waals surface area contributed by atoms with Crippen molar-refractivity contribution < 1.29 is 9.53 Å². The molecular weight excluding hydrogens is 324 g/mol. The third-order valence-electron chi connectivity index (χ3n) is 5.06. The highest BCUT2D eigenvalue weighted by molar-refractivity contribution is 5.98. The van der Waals surface area contributed by atoms with E-state index in [4.69, 9.17) is 4.74 Å². The number of benzene rings is 3. The minimum absolute atomic E-state index is 0.0829. The zero-order chi connectivity index (χ0) is 17.7. The van der Waals surface area contributed by atoms with Gasteiger partial charge in [-0.05, 0) is 47.4 Å². The molecule has 0 fully saturated rings. The molecule has 1 unspecified atom stereocenters. The van der Waals surface area contributed by atoms with Crippen LogP contribution in [0.25, 0.3) is 11.1 Å². The van der Waals surface area contributed by atoms with E-state index in [1.165, 1.54) is 22.3 Å². The van der Waals surface area contributed by atoms with Crippen molar-refractivity contribution in [2.75, 3.05) is 10.6 Å². The third kappa shape index (κ3) is 2.26. The second-order valence-electron chi connectivity index (χ2n) is 6.71. The lowest BCUT2D eigenvalue weighted by Gasteiger charge is -2.25. The second kappa shape index (κ2) is 5.63. The molecule has 128 valence electrons. The molecule has 4 heteroatoms. The fraction of sp³-hybridized carbons (Fsp3) is 0.136. The Morgan fingerprint density at radius 2 is 1.58 bits per heavy atom. The topological polar surface area (TPSA) is 50.4 Å². The molecule has 0 radical (unpaired) electrons. The first kappa shape index (κ1) is 15.0. The highest BCUT2D eigenvalue weighted by Gasteiger charge is 2.29. The Balaban J connectivity index is 1.53. The van der Waals surface area contributed by atoms with Crippen molar-refractivity contribution in [1.29, 1.82) is 0 Å². The van der Waals surface area contributed by atoms with E-state index in [0.29, 0.717) is 11.4 Å². The molecule has 3 aromatic rings. The maximum Gasteiger partial charge on any atom is 0.265 e. The number of rotatable bonds is 2. The number of carbonyl (C=O) groups is 1. The van der Waals surface area contributed by atoms with E-state index in [0.717, 1.165) is 5.69 Å². The van der Waals surface area contributed by atoms with Gasteiger partial charge in [0.25, 0.3) is 5.91 Å². The highest BCUT2D eigenvalue weighted by Crippen LogP contribution is 2.45. The van der Waals surface area contributed by atoms with Crippen molar-refractivity contribution in [3.05, 3.63) is 77.9 Å². The molecule has 1 aliphatic carbocycles. The number of hydrogen-bond donors (Lipinski definition) is 2. The molecule has 0 saturated heterocycles. The Labute approximate surface area is 151 Å². The molecule has 0 spiro atoms. The standard InChI is InChI=1S/C22H18N2O2/c1-13-22(25)24-19-12-14(10-11-20(19)26-13)23-21-17-8-4-2-6-15(17)16-7-3-5-9-18(16)21/h2-13,21,23H,1H3,(H,24,25). The van der Waals surface area contributed by atoms with Gasteiger partial charge in [-0.3, -0.25) is 4.79 Å². The fourth-order valence-corrected chi connectivity index (χ4v) is 3.78. The van der Waals surface area contributed by atoms with Gasteiger partial charge in [0.2, 0.25) is 0 Å². The summed E-state index contributed by atoms with van der Waals surface area (Å²) in [5.74, 6) is 0.584. The zero-order valence-electron chi connectivity index (χ0n) is 14.3. The molecule has 3 aromatic carbocycles. The normalized spacial score (nSPS) is 17.6. The lowest BCUT2D eigenvalue weighted by Crippen LogP contribution is -2.34. The molecule has 4 nitrogen and oxygen atoms in total. The van der Waals surface area contributed by atoms with Crippen molar-refractivity contribution >= 4 is 17.3 Å². The maximum absolute atomic E-state index is 11.9. The monoisotopic (exact) mass is 342 g/mol. The first-order valence-corrected chi connectivity index (χ1v) is 8.77. The number of nitrogens with one attached hydrogen (secondary N) is 2. The van der Waals surface area contributed by atoms with Crippen molar-refractivity contribution in [2.45, 2.75) is 19.1 Å². The fourth-order valence-electron chi connectivity index (χ4n) is 3.78. The minimum Gasteiger partial charge on any atom is -0.479 e. The van der Waals surface area contributed by atoms with Crippen LogP contribution in [0.5, 0.6) is 5.75 Å². The molecule has 1 heterocycles. The van der Waals surface area contributed by atoms with Crippen LogP contribution in [0.15, 0.2) is 66.7 Å². The average molecular weight is 342 g/mol. The SMILES string of the molecule is CC1Oc2ccc(NC3c4ccccc4-c4ccccc43)cc2NC1=O. The molecule has 0 bridgehead atoms. The van der Waals surface area contributed by atoms with Crippen LogP contribution in [0.2, 0.25) is 0 Å². The molecule has 1 atom stereocenters. The molecule has 0 saturated carbocycles. The van der Waals surface area contributed by atoms with E-state index < -0.39 is 6.10 Å². The molecular formula is C22H18N2O2. The number of hydrogen-bond acceptors (Lipinski definition) is 3. The minimum atomic E-state index is -0.463. The third-order valence-corrected chi connectivity index (χ3v) is 5.06. The highest BCUT2D eigenvalue weighted by atomic mass is 16.5. The van der Waals surface area contributed by atoms with Gasteiger partial charge < -0.3 is 15.4 Å². The summed E-state index contributed by atoms with van der Waals surface area (Å²) in [6.45, 7) is 1.75. The predicted octanol–water partition coefficient (Wildman–Crippen LogP) is 4.59.